The van der Waals surface area contributed by atoms with E-state index in [4.69, 9.17) is 9.47 Å². The zero-order valence-electron chi connectivity index (χ0n) is 16.8. The van der Waals surface area contributed by atoms with E-state index >= 15 is 0 Å². The highest BCUT2D eigenvalue weighted by molar-refractivity contribution is 5.97. The number of hydrogen-bond donors (Lipinski definition) is 1. The van der Waals surface area contributed by atoms with E-state index in [0.717, 1.165) is 11.1 Å². The zero-order valence-corrected chi connectivity index (χ0v) is 16.8. The van der Waals surface area contributed by atoms with Gasteiger partial charge in [-0.25, -0.2) is 9.78 Å². The topological polar surface area (TPSA) is 77.5 Å². The van der Waals surface area contributed by atoms with Crippen LogP contribution in [0.3, 0.4) is 0 Å². The summed E-state index contributed by atoms with van der Waals surface area (Å²) in [4.78, 5) is 29.1. The normalized spacial score (nSPS) is 11.5. The molecule has 6 nitrogen and oxygen atoms in total. The molecule has 0 aliphatic heterocycles. The number of esters is 1. The van der Waals surface area contributed by atoms with Gasteiger partial charge in [-0.1, -0.05) is 42.5 Å². The fourth-order valence-electron chi connectivity index (χ4n) is 2.93. The lowest BCUT2D eigenvalue weighted by atomic mass is 10.2. The molecule has 0 radical (unpaired) electrons. The van der Waals surface area contributed by atoms with E-state index in [2.05, 4.69) is 10.3 Å². The van der Waals surface area contributed by atoms with Crippen LogP contribution in [0.25, 0.3) is 10.9 Å². The molecule has 1 atom stereocenters. The molecule has 0 unspecified atom stereocenters. The van der Waals surface area contributed by atoms with Crippen LogP contribution in [-0.2, 0) is 9.53 Å². The quantitative estimate of drug-likeness (QED) is 0.440. The van der Waals surface area contributed by atoms with E-state index in [1.807, 2.05) is 54.6 Å². The van der Waals surface area contributed by atoms with Crippen molar-refractivity contribution in [3.8, 4) is 11.5 Å². The molecule has 0 spiro atoms. The van der Waals surface area contributed by atoms with Gasteiger partial charge in [0.25, 0.3) is 5.91 Å². The fourth-order valence-corrected chi connectivity index (χ4v) is 2.93. The number of ether oxygens (including phenoxy) is 2. The minimum Gasteiger partial charge on any atom is -0.457 e. The van der Waals surface area contributed by atoms with Crippen molar-refractivity contribution in [2.24, 2.45) is 0 Å². The monoisotopic (exact) mass is 412 g/mol. The summed E-state index contributed by atoms with van der Waals surface area (Å²) in [7, 11) is 0. The summed E-state index contributed by atoms with van der Waals surface area (Å²) >= 11 is 0. The molecular weight excluding hydrogens is 392 g/mol. The minimum absolute atomic E-state index is 0.153. The molecule has 0 bridgehead atoms. The van der Waals surface area contributed by atoms with Gasteiger partial charge in [-0.05, 0) is 55.5 Å². The number of pyridine rings is 1. The summed E-state index contributed by atoms with van der Waals surface area (Å²) in [5.41, 5.74) is 1.41. The number of anilines is 1. The van der Waals surface area contributed by atoms with Gasteiger partial charge in [0.2, 0.25) is 0 Å². The van der Waals surface area contributed by atoms with Gasteiger partial charge < -0.3 is 14.8 Å². The maximum Gasteiger partial charge on any atom is 0.357 e. The lowest BCUT2D eigenvalue weighted by molar-refractivity contribution is -0.123. The van der Waals surface area contributed by atoms with Gasteiger partial charge in [0.1, 0.15) is 17.2 Å². The highest BCUT2D eigenvalue weighted by Gasteiger charge is 2.20. The van der Waals surface area contributed by atoms with E-state index in [1.165, 1.54) is 6.92 Å². The van der Waals surface area contributed by atoms with Crippen LogP contribution < -0.4 is 10.1 Å². The molecule has 1 aromatic heterocycles. The van der Waals surface area contributed by atoms with Crippen molar-refractivity contribution in [1.29, 1.82) is 0 Å². The molecular formula is C25H20N2O4. The molecule has 6 heteroatoms. The summed E-state index contributed by atoms with van der Waals surface area (Å²) < 4.78 is 11.0. The average Bonchev–Trinajstić information content (AvgIpc) is 2.80. The summed E-state index contributed by atoms with van der Waals surface area (Å²) in [6, 6.07) is 27.2. The van der Waals surface area contributed by atoms with Crippen molar-refractivity contribution in [2.45, 2.75) is 13.0 Å². The highest BCUT2D eigenvalue weighted by atomic mass is 16.5. The Labute approximate surface area is 179 Å². The number of aromatic nitrogens is 1. The van der Waals surface area contributed by atoms with Gasteiger partial charge in [-0.2, -0.15) is 0 Å². The second-order valence-electron chi connectivity index (χ2n) is 6.87. The molecule has 1 amide bonds. The van der Waals surface area contributed by atoms with Crippen LogP contribution in [0.15, 0.2) is 91.0 Å². The largest absolute Gasteiger partial charge is 0.457 e. The predicted octanol–water partition coefficient (Wildman–Crippen LogP) is 5.21. The second kappa shape index (κ2) is 9.09. The van der Waals surface area contributed by atoms with Crippen LogP contribution in [0.5, 0.6) is 11.5 Å². The molecule has 154 valence electrons. The van der Waals surface area contributed by atoms with Gasteiger partial charge in [-0.3, -0.25) is 4.79 Å². The molecule has 4 rings (SSSR count). The maximum atomic E-state index is 12.4. The Morgan fingerprint density at radius 2 is 1.48 bits per heavy atom. The molecule has 0 aliphatic carbocycles. The molecule has 4 aromatic rings. The number of carbonyl (C=O) groups is 2. The number of nitrogens with one attached hydrogen (secondary N) is 1. The predicted molar refractivity (Wildman–Crippen MR) is 118 cm³/mol. The number of para-hydroxylation sites is 2. The molecule has 1 N–H and O–H groups in total. The number of rotatable bonds is 6. The van der Waals surface area contributed by atoms with Crippen molar-refractivity contribution in [3.05, 3.63) is 96.7 Å². The summed E-state index contributed by atoms with van der Waals surface area (Å²) in [6.45, 7) is 1.52. The van der Waals surface area contributed by atoms with Gasteiger partial charge in [-0.15, -0.1) is 0 Å². The van der Waals surface area contributed by atoms with Crippen LogP contribution in [0.2, 0.25) is 0 Å². The van der Waals surface area contributed by atoms with Gasteiger partial charge in [0.05, 0.1) is 5.52 Å². The van der Waals surface area contributed by atoms with E-state index in [9.17, 15) is 9.59 Å². The third kappa shape index (κ3) is 5.05. The molecule has 0 saturated carbocycles. The standard InChI is InChI=1S/C25H20N2O4/c1-17(30-25(29)23-16-11-18-7-5-6-10-22(18)27-23)24(28)26-19-12-14-21(15-13-19)31-20-8-3-2-4-9-20/h2-17H,1H3,(H,26,28)/t17-/m1/s1. The molecule has 0 fully saturated rings. The highest BCUT2D eigenvalue weighted by Crippen LogP contribution is 2.22. The number of benzene rings is 3. The Morgan fingerprint density at radius 1 is 0.806 bits per heavy atom. The Hall–Kier alpha value is -4.19. The number of carbonyl (C=O) groups excluding carboxylic acids is 2. The Kier molecular flexibility index (Phi) is 5.89. The molecule has 0 saturated heterocycles. The van der Waals surface area contributed by atoms with Crippen molar-refractivity contribution in [2.75, 3.05) is 5.32 Å². The SMILES string of the molecule is C[C@@H](OC(=O)c1ccc2ccccc2n1)C(=O)Nc1ccc(Oc2ccccc2)cc1. The molecule has 1 heterocycles. The van der Waals surface area contributed by atoms with Crippen LogP contribution in [-0.4, -0.2) is 23.0 Å². The van der Waals surface area contributed by atoms with Crippen molar-refractivity contribution < 1.29 is 19.1 Å². The first-order valence-corrected chi connectivity index (χ1v) is 9.79. The van der Waals surface area contributed by atoms with E-state index in [-0.39, 0.29) is 5.69 Å². The Balaban J connectivity index is 1.34. The summed E-state index contributed by atoms with van der Waals surface area (Å²) in [5, 5.41) is 3.65. The van der Waals surface area contributed by atoms with Crippen molar-refractivity contribution >= 4 is 28.5 Å². The van der Waals surface area contributed by atoms with Crippen LogP contribution >= 0.6 is 0 Å². The van der Waals surface area contributed by atoms with E-state index in [1.54, 1.807) is 36.4 Å². The number of nitrogens with zero attached hydrogens (tertiary/aromatic N) is 1. The maximum absolute atomic E-state index is 12.4. The Morgan fingerprint density at radius 3 is 2.26 bits per heavy atom. The summed E-state index contributed by atoms with van der Waals surface area (Å²) in [6.07, 6.45) is -0.985. The van der Waals surface area contributed by atoms with Crippen LogP contribution in [0, 0.1) is 0 Å². The third-order valence-electron chi connectivity index (χ3n) is 4.56. The molecule has 3 aromatic carbocycles. The van der Waals surface area contributed by atoms with Crippen molar-refractivity contribution in [1.82, 2.24) is 4.98 Å². The lowest BCUT2D eigenvalue weighted by Gasteiger charge is -2.14. The smallest absolute Gasteiger partial charge is 0.357 e. The first-order chi connectivity index (χ1) is 15.1. The lowest BCUT2D eigenvalue weighted by Crippen LogP contribution is -2.30. The number of fused-ring (bicyclic) bond motifs is 1. The summed E-state index contributed by atoms with van der Waals surface area (Å²) in [5.74, 6) is 0.277. The van der Waals surface area contributed by atoms with E-state index < -0.39 is 18.0 Å². The number of amides is 1. The van der Waals surface area contributed by atoms with Gasteiger partial charge in [0, 0.05) is 11.1 Å². The molecule has 0 aliphatic rings. The van der Waals surface area contributed by atoms with E-state index in [0.29, 0.717) is 17.0 Å². The van der Waals surface area contributed by atoms with Crippen LogP contribution in [0.1, 0.15) is 17.4 Å². The van der Waals surface area contributed by atoms with Gasteiger partial charge >= 0.3 is 5.97 Å². The van der Waals surface area contributed by atoms with Crippen molar-refractivity contribution in [3.63, 3.8) is 0 Å². The first kappa shape index (κ1) is 20.1. The van der Waals surface area contributed by atoms with Crippen LogP contribution in [0.4, 0.5) is 5.69 Å². The second-order valence-corrected chi connectivity index (χ2v) is 6.87. The fraction of sp³-hybridized carbons (Fsp3) is 0.0800. The number of hydrogen-bond acceptors (Lipinski definition) is 5. The molecule has 31 heavy (non-hydrogen) atoms. The zero-order chi connectivity index (χ0) is 21.6. The first-order valence-electron chi connectivity index (χ1n) is 9.79. The Bertz CT molecular complexity index is 1210. The minimum atomic E-state index is -0.985. The average molecular weight is 412 g/mol. The van der Waals surface area contributed by atoms with Gasteiger partial charge in [0.15, 0.2) is 6.10 Å². The third-order valence-corrected chi connectivity index (χ3v) is 4.56.